The maximum Gasteiger partial charge on any atom is 0.311 e. The fourth-order valence-electron chi connectivity index (χ4n) is 5.04. The van der Waals surface area contributed by atoms with E-state index in [9.17, 15) is 44.3 Å². The summed E-state index contributed by atoms with van der Waals surface area (Å²) in [4.78, 5) is 75.8. The number of amides is 5. The number of carbonyl (C=O) groups is 5. The number of phenols is 1. The Morgan fingerprint density at radius 2 is 1.52 bits per heavy atom. The molecule has 1 aromatic carbocycles. The molecule has 0 bridgehead atoms. The van der Waals surface area contributed by atoms with Gasteiger partial charge >= 0.3 is 5.69 Å². The van der Waals surface area contributed by atoms with Gasteiger partial charge in [0.2, 0.25) is 23.6 Å². The minimum atomic E-state index is -1.29. The number of aliphatic hydroxyl groups is 1. The van der Waals surface area contributed by atoms with Gasteiger partial charge in [0.25, 0.3) is 5.91 Å². The maximum absolute atomic E-state index is 13.6. The molecule has 0 spiro atoms. The van der Waals surface area contributed by atoms with Gasteiger partial charge in [-0.15, -0.1) is 0 Å². The zero-order chi connectivity index (χ0) is 36.7. The number of phenolic OH excluding ortho intramolecular Hbond substituents is 1. The monoisotopic (exact) mass is 678 g/mol. The third-order valence-corrected chi connectivity index (χ3v) is 7.96. The van der Waals surface area contributed by atoms with Crippen LogP contribution >= 0.6 is 0 Å². The number of nitrogens with zero attached hydrogens (tertiary/aromatic N) is 1. The average molecular weight is 679 g/mol. The van der Waals surface area contributed by atoms with Crippen LogP contribution in [0.15, 0.2) is 18.2 Å². The Morgan fingerprint density at radius 1 is 0.875 bits per heavy atom. The van der Waals surface area contributed by atoms with Crippen LogP contribution in [0.25, 0.3) is 0 Å². The van der Waals surface area contributed by atoms with E-state index in [1.165, 1.54) is 6.07 Å². The highest BCUT2D eigenvalue weighted by Gasteiger charge is 2.33. The minimum Gasteiger partial charge on any atom is -0.502 e. The number of benzene rings is 1. The summed E-state index contributed by atoms with van der Waals surface area (Å²) >= 11 is 0. The third-order valence-electron chi connectivity index (χ3n) is 7.96. The highest BCUT2D eigenvalue weighted by molar-refractivity contribution is 5.99. The normalized spacial score (nSPS) is 15.0. The van der Waals surface area contributed by atoms with E-state index >= 15 is 0 Å². The van der Waals surface area contributed by atoms with Gasteiger partial charge < -0.3 is 36.8 Å². The summed E-state index contributed by atoms with van der Waals surface area (Å²) in [5.41, 5.74) is -0.798. The second-order valence-electron chi connectivity index (χ2n) is 12.8. The Bertz CT molecular complexity index is 1270. The van der Waals surface area contributed by atoms with Gasteiger partial charge in [0, 0.05) is 18.2 Å². The van der Waals surface area contributed by atoms with Gasteiger partial charge in [-0.25, -0.2) is 0 Å². The summed E-state index contributed by atoms with van der Waals surface area (Å²) in [5.74, 6) is -4.09. The summed E-state index contributed by atoms with van der Waals surface area (Å²) in [6.07, 6.45) is -0.133. The molecule has 0 aliphatic rings. The van der Waals surface area contributed by atoms with Crippen LogP contribution in [0.4, 0.5) is 5.69 Å². The van der Waals surface area contributed by atoms with Crippen molar-refractivity contribution in [2.45, 2.75) is 118 Å². The van der Waals surface area contributed by atoms with E-state index < -0.39 is 76.2 Å². The van der Waals surface area contributed by atoms with Crippen LogP contribution in [0.1, 0.15) is 97.9 Å². The molecule has 7 N–H and O–H groups in total. The second-order valence-corrected chi connectivity index (χ2v) is 12.8. The van der Waals surface area contributed by atoms with E-state index in [2.05, 4.69) is 26.6 Å². The van der Waals surface area contributed by atoms with Crippen LogP contribution in [0.5, 0.6) is 5.75 Å². The van der Waals surface area contributed by atoms with Gasteiger partial charge in [0.05, 0.1) is 23.5 Å². The number of nitro benzene ring substituents is 1. The molecule has 0 aromatic heterocycles. The lowest BCUT2D eigenvalue weighted by Gasteiger charge is -2.30. The van der Waals surface area contributed by atoms with Crippen LogP contribution < -0.4 is 26.6 Å². The lowest BCUT2D eigenvalue weighted by Crippen LogP contribution is -2.58. The first-order valence-corrected chi connectivity index (χ1v) is 16.6. The molecule has 0 saturated carbocycles. The van der Waals surface area contributed by atoms with Crippen LogP contribution in [-0.4, -0.2) is 81.5 Å². The van der Waals surface area contributed by atoms with Crippen LogP contribution in [-0.2, 0) is 19.2 Å². The summed E-state index contributed by atoms with van der Waals surface area (Å²) in [5, 5.41) is 45.5. The third kappa shape index (κ3) is 13.1. The number of hydrogen-bond acceptors (Lipinski definition) is 9. The van der Waals surface area contributed by atoms with Crippen LogP contribution in [0, 0.1) is 27.9 Å². The number of carbonyl (C=O) groups excluding carboxylic acids is 5. The molecule has 1 aromatic rings. The summed E-state index contributed by atoms with van der Waals surface area (Å²) in [6.45, 7) is 14.9. The minimum absolute atomic E-state index is 0.0201. The van der Waals surface area contributed by atoms with E-state index in [1.807, 2.05) is 27.7 Å². The van der Waals surface area contributed by atoms with Crippen molar-refractivity contribution in [3.05, 3.63) is 33.9 Å². The van der Waals surface area contributed by atoms with Crippen molar-refractivity contribution in [1.82, 2.24) is 26.6 Å². The largest absolute Gasteiger partial charge is 0.502 e. The summed E-state index contributed by atoms with van der Waals surface area (Å²) < 4.78 is 0. The van der Waals surface area contributed by atoms with Crippen molar-refractivity contribution in [2.24, 2.45) is 17.8 Å². The van der Waals surface area contributed by atoms with Crippen LogP contribution in [0.2, 0.25) is 0 Å². The average Bonchev–Trinajstić information content (AvgIpc) is 3.00. The molecule has 6 atom stereocenters. The number of likely N-dealkylation sites (N-methyl/N-ethyl adjacent to an activating group) is 1. The van der Waals surface area contributed by atoms with Crippen molar-refractivity contribution in [3.8, 4) is 5.75 Å². The predicted octanol–water partition coefficient (Wildman–Crippen LogP) is 2.29. The Morgan fingerprint density at radius 3 is 2.04 bits per heavy atom. The number of nitro groups is 1. The molecule has 0 aliphatic heterocycles. The molecule has 5 amide bonds. The maximum atomic E-state index is 13.6. The Hall–Kier alpha value is -4.27. The molecule has 48 heavy (non-hydrogen) atoms. The van der Waals surface area contributed by atoms with Crippen molar-refractivity contribution in [3.63, 3.8) is 0 Å². The van der Waals surface area contributed by atoms with E-state index in [0.29, 0.717) is 25.8 Å². The quantitative estimate of drug-likeness (QED) is 0.0791. The number of aliphatic hydroxyl groups excluding tert-OH is 1. The number of rotatable bonds is 20. The molecular weight excluding hydrogens is 624 g/mol. The second kappa shape index (κ2) is 20.2. The van der Waals surface area contributed by atoms with Gasteiger partial charge in [-0.2, -0.15) is 0 Å². The highest BCUT2D eigenvalue weighted by Crippen LogP contribution is 2.26. The summed E-state index contributed by atoms with van der Waals surface area (Å²) in [6, 6.07) is -0.675. The molecule has 15 nitrogen and oxygen atoms in total. The zero-order valence-corrected chi connectivity index (χ0v) is 29.3. The van der Waals surface area contributed by atoms with Gasteiger partial charge in [0.1, 0.15) is 18.1 Å². The standard InChI is InChI=1S/C33H54N6O9/c1-9-12-22(35-33(46)29(20(8)10-2)38-30(43)21-13-14-25(40)24(16-21)39(47)48)31(44)36-23(15-18(4)5)26(41)17-27(42)37-28(19(6)7)32(45)34-11-3/h13-14,16,18-20,22-23,26,28-29,40-41H,9-12,15,17H2,1-8H3,(H,34,45)(H,35,46)(H,36,44)(H,37,42)(H,38,43)/t20?,22-,23-,26-,28-,29-/m0/s1. The SMILES string of the molecule is CCC[C@H](NC(=O)[C@@H](NC(=O)c1ccc(O)c([N+](=O)[O-])c1)C(C)CC)C(=O)N[C@@H](CC(C)C)[C@@H](O)CC(=O)N[C@H](C(=O)NCC)C(C)C. The van der Waals surface area contributed by atoms with Crippen molar-refractivity contribution in [2.75, 3.05) is 6.54 Å². The lowest BCUT2D eigenvalue weighted by atomic mass is 9.95. The molecule has 0 saturated heterocycles. The van der Waals surface area contributed by atoms with Gasteiger partial charge in [0.15, 0.2) is 5.75 Å². The topological polar surface area (TPSA) is 229 Å². The van der Waals surface area contributed by atoms with Crippen molar-refractivity contribution >= 4 is 35.2 Å². The van der Waals surface area contributed by atoms with Crippen molar-refractivity contribution < 1.29 is 39.1 Å². The first kappa shape index (κ1) is 41.8. The number of aromatic hydroxyl groups is 1. The van der Waals surface area contributed by atoms with Gasteiger partial charge in [-0.3, -0.25) is 34.1 Å². The zero-order valence-electron chi connectivity index (χ0n) is 29.3. The molecule has 0 aliphatic carbocycles. The van der Waals surface area contributed by atoms with E-state index in [4.69, 9.17) is 0 Å². The molecule has 270 valence electrons. The summed E-state index contributed by atoms with van der Waals surface area (Å²) in [7, 11) is 0. The predicted molar refractivity (Wildman–Crippen MR) is 180 cm³/mol. The molecular formula is C33H54N6O9. The fourth-order valence-corrected chi connectivity index (χ4v) is 5.04. The molecule has 15 heteroatoms. The Kier molecular flexibility index (Phi) is 17.5. The number of nitrogens with one attached hydrogen (secondary N) is 5. The molecule has 0 heterocycles. The van der Waals surface area contributed by atoms with E-state index in [1.54, 1.807) is 27.7 Å². The van der Waals surface area contributed by atoms with Crippen LogP contribution in [0.3, 0.4) is 0 Å². The van der Waals surface area contributed by atoms with Gasteiger partial charge in [-0.1, -0.05) is 61.3 Å². The smallest absolute Gasteiger partial charge is 0.311 e. The first-order valence-electron chi connectivity index (χ1n) is 16.6. The van der Waals surface area contributed by atoms with E-state index in [0.717, 1.165) is 12.1 Å². The first-order chi connectivity index (χ1) is 22.5. The molecule has 1 rings (SSSR count). The van der Waals surface area contributed by atoms with Crippen molar-refractivity contribution in [1.29, 1.82) is 0 Å². The number of hydrogen-bond donors (Lipinski definition) is 7. The lowest BCUT2D eigenvalue weighted by molar-refractivity contribution is -0.385. The fraction of sp³-hybridized carbons (Fsp3) is 0.667. The molecule has 1 unspecified atom stereocenters. The van der Waals surface area contributed by atoms with E-state index in [-0.39, 0.29) is 36.1 Å². The highest BCUT2D eigenvalue weighted by atomic mass is 16.6. The molecule has 0 radical (unpaired) electrons. The molecule has 0 fully saturated rings. The Balaban J connectivity index is 3.13. The van der Waals surface area contributed by atoms with Gasteiger partial charge in [-0.05, 0) is 49.7 Å². The Labute approximate surface area is 282 Å².